The predicted molar refractivity (Wildman–Crippen MR) is 146 cm³/mol. The highest BCUT2D eigenvalue weighted by Crippen LogP contribution is 2.44. The molecular weight excluding hydrogens is 528 g/mol. The van der Waals surface area contributed by atoms with Gasteiger partial charge in [0, 0.05) is 43.2 Å². The fourth-order valence-corrected chi connectivity index (χ4v) is 5.62. The Labute approximate surface area is 228 Å². The van der Waals surface area contributed by atoms with E-state index in [1.807, 2.05) is 22.9 Å². The van der Waals surface area contributed by atoms with Gasteiger partial charge in [0.1, 0.15) is 6.61 Å². The summed E-state index contributed by atoms with van der Waals surface area (Å²) >= 11 is 8.16. The molecule has 1 aliphatic carbocycles. The smallest absolute Gasteiger partial charge is 0.250 e. The molecule has 1 aromatic carbocycles. The number of fused-ring (bicyclic) bond motifs is 3. The van der Waals surface area contributed by atoms with Crippen molar-refractivity contribution in [2.24, 2.45) is 0 Å². The van der Waals surface area contributed by atoms with Crippen molar-refractivity contribution < 1.29 is 19.1 Å². The minimum absolute atomic E-state index is 0.0886. The Morgan fingerprint density at radius 2 is 2.05 bits per heavy atom. The maximum absolute atomic E-state index is 12.2. The number of ether oxygens (including phenoxy) is 2. The highest BCUT2D eigenvalue weighted by Gasteiger charge is 2.30. The largest absolute Gasteiger partial charge is 0.382 e. The summed E-state index contributed by atoms with van der Waals surface area (Å²) < 4.78 is 12.0. The molecule has 38 heavy (non-hydrogen) atoms. The lowest BCUT2D eigenvalue weighted by atomic mass is 9.95. The molecule has 5 rings (SSSR count). The van der Waals surface area contributed by atoms with Gasteiger partial charge in [0.25, 0.3) is 0 Å². The summed E-state index contributed by atoms with van der Waals surface area (Å²) in [6.45, 7) is 2.12. The lowest BCUT2D eigenvalue weighted by Gasteiger charge is -2.15. The van der Waals surface area contributed by atoms with E-state index in [-0.39, 0.29) is 18.4 Å². The normalized spacial score (nSPS) is 12.1. The summed E-state index contributed by atoms with van der Waals surface area (Å²) in [6, 6.07) is 9.11. The Hall–Kier alpha value is -3.64. The van der Waals surface area contributed by atoms with E-state index in [4.69, 9.17) is 26.2 Å². The van der Waals surface area contributed by atoms with Crippen molar-refractivity contribution in [3.8, 4) is 27.5 Å². The van der Waals surface area contributed by atoms with Crippen LogP contribution in [-0.4, -0.2) is 58.5 Å². The number of anilines is 2. The Kier molecular flexibility index (Phi) is 7.79. The molecule has 4 aromatic rings. The summed E-state index contributed by atoms with van der Waals surface area (Å²) in [7, 11) is 1.57. The van der Waals surface area contributed by atoms with Gasteiger partial charge in [0.15, 0.2) is 5.13 Å². The quantitative estimate of drug-likeness (QED) is 0.296. The second-order valence-corrected chi connectivity index (χ2v) is 9.97. The monoisotopic (exact) mass is 552 g/mol. The number of carbonyl (C=O) groups is 2. The number of hydrogen-bond donors (Lipinski definition) is 2. The van der Waals surface area contributed by atoms with Crippen LogP contribution < -0.4 is 10.6 Å². The molecule has 0 fully saturated rings. The molecule has 0 atom stereocenters. The Balaban J connectivity index is 1.52. The molecule has 2 amide bonds. The van der Waals surface area contributed by atoms with Gasteiger partial charge in [-0.3, -0.25) is 14.6 Å². The number of aryl methyl sites for hydroxylation is 1. The standard InChI is InChI=1S/C26H25ClN6O4S/c1-15(34)29-26-31-20-7-6-18-23(16-4-3-9-28-13-16)32-33(24(18)25(20)38-26)21-8-5-17(12-19(21)27)30-22(35)14-37-11-10-36-2/h3-5,8-9,12-13H,6-7,10-11,14H2,1-2H3,(H,30,35)(H,29,31,34). The van der Waals surface area contributed by atoms with Crippen molar-refractivity contribution in [3.05, 3.63) is 59.0 Å². The number of aromatic nitrogens is 4. The molecule has 0 saturated heterocycles. The van der Waals surface area contributed by atoms with Gasteiger partial charge in [-0.2, -0.15) is 5.10 Å². The van der Waals surface area contributed by atoms with Gasteiger partial charge in [-0.25, -0.2) is 9.67 Å². The van der Waals surface area contributed by atoms with Gasteiger partial charge in [0.2, 0.25) is 11.8 Å². The van der Waals surface area contributed by atoms with Crippen LogP contribution in [0.4, 0.5) is 10.8 Å². The van der Waals surface area contributed by atoms with Crippen LogP contribution >= 0.6 is 22.9 Å². The van der Waals surface area contributed by atoms with Crippen molar-refractivity contribution in [2.45, 2.75) is 19.8 Å². The molecule has 1 aliphatic rings. The van der Waals surface area contributed by atoms with Crippen LogP contribution in [-0.2, 0) is 31.9 Å². The number of thiazole rings is 1. The first-order valence-electron chi connectivity index (χ1n) is 11.9. The number of carbonyl (C=O) groups excluding carboxylic acids is 2. The number of rotatable bonds is 9. The van der Waals surface area contributed by atoms with Crippen LogP contribution in [0.5, 0.6) is 0 Å². The Bertz CT molecular complexity index is 1490. The maximum atomic E-state index is 12.2. The fourth-order valence-electron chi connectivity index (χ4n) is 4.24. The van der Waals surface area contributed by atoms with E-state index in [9.17, 15) is 9.59 Å². The van der Waals surface area contributed by atoms with E-state index in [0.717, 1.165) is 45.9 Å². The van der Waals surface area contributed by atoms with Crippen LogP contribution in [0.1, 0.15) is 18.2 Å². The molecule has 0 aliphatic heterocycles. The summed E-state index contributed by atoms with van der Waals surface area (Å²) in [4.78, 5) is 33.7. The number of methoxy groups -OCH3 is 1. The van der Waals surface area contributed by atoms with Crippen molar-refractivity contribution >= 4 is 45.6 Å². The van der Waals surface area contributed by atoms with E-state index in [2.05, 4.69) is 20.6 Å². The number of halogens is 1. The lowest BCUT2D eigenvalue weighted by Crippen LogP contribution is -2.19. The van der Waals surface area contributed by atoms with E-state index in [0.29, 0.717) is 34.7 Å². The van der Waals surface area contributed by atoms with E-state index >= 15 is 0 Å². The fraction of sp³-hybridized carbons (Fsp3) is 0.269. The number of pyridine rings is 1. The van der Waals surface area contributed by atoms with Gasteiger partial charge in [0.05, 0.1) is 45.9 Å². The number of nitrogens with one attached hydrogen (secondary N) is 2. The third-order valence-electron chi connectivity index (χ3n) is 5.85. The molecular formula is C26H25ClN6O4S. The van der Waals surface area contributed by atoms with Crippen LogP contribution in [0.25, 0.3) is 27.5 Å². The first-order valence-corrected chi connectivity index (χ1v) is 13.1. The zero-order valence-corrected chi connectivity index (χ0v) is 22.4. The molecule has 0 bridgehead atoms. The van der Waals surface area contributed by atoms with Crippen LogP contribution in [0.3, 0.4) is 0 Å². The third-order valence-corrected chi connectivity index (χ3v) is 7.17. The van der Waals surface area contributed by atoms with Crippen LogP contribution in [0.15, 0.2) is 42.7 Å². The minimum atomic E-state index is -0.292. The number of amides is 2. The van der Waals surface area contributed by atoms with Crippen LogP contribution in [0.2, 0.25) is 5.02 Å². The second kappa shape index (κ2) is 11.4. The molecule has 0 saturated carbocycles. The summed E-state index contributed by atoms with van der Waals surface area (Å²) in [5, 5.41) is 11.5. The molecule has 0 radical (unpaired) electrons. The average molecular weight is 553 g/mol. The SMILES string of the molecule is COCCOCC(=O)Nc1ccc(-n2nc(-c3cccnc3)c3c2-c2sc(NC(C)=O)nc2CC3)c(Cl)c1. The molecule has 0 spiro atoms. The molecule has 3 aromatic heterocycles. The van der Waals surface area contributed by atoms with Gasteiger partial charge in [-0.05, 0) is 43.2 Å². The van der Waals surface area contributed by atoms with Crippen molar-refractivity contribution in [1.29, 1.82) is 0 Å². The molecule has 2 N–H and O–H groups in total. The number of benzene rings is 1. The molecule has 3 heterocycles. The molecule has 10 nitrogen and oxygen atoms in total. The second-order valence-electron chi connectivity index (χ2n) is 8.57. The third kappa shape index (κ3) is 5.46. The molecule has 0 unspecified atom stereocenters. The highest BCUT2D eigenvalue weighted by molar-refractivity contribution is 7.19. The van der Waals surface area contributed by atoms with E-state index in [1.165, 1.54) is 18.3 Å². The van der Waals surface area contributed by atoms with Gasteiger partial charge < -0.3 is 20.1 Å². The minimum Gasteiger partial charge on any atom is -0.382 e. The number of hydrogen-bond acceptors (Lipinski definition) is 8. The Morgan fingerprint density at radius 3 is 2.79 bits per heavy atom. The Morgan fingerprint density at radius 1 is 1.18 bits per heavy atom. The summed E-state index contributed by atoms with van der Waals surface area (Å²) in [5.41, 5.74) is 5.74. The zero-order chi connectivity index (χ0) is 26.6. The van der Waals surface area contributed by atoms with E-state index in [1.54, 1.807) is 31.6 Å². The summed E-state index contributed by atoms with van der Waals surface area (Å²) in [6.07, 6.45) is 4.96. The van der Waals surface area contributed by atoms with Gasteiger partial charge in [-0.1, -0.05) is 22.9 Å². The van der Waals surface area contributed by atoms with Crippen molar-refractivity contribution in [2.75, 3.05) is 37.6 Å². The number of nitrogens with zero attached hydrogens (tertiary/aromatic N) is 4. The van der Waals surface area contributed by atoms with E-state index < -0.39 is 0 Å². The first kappa shape index (κ1) is 26.0. The van der Waals surface area contributed by atoms with Crippen LogP contribution in [0, 0.1) is 0 Å². The van der Waals surface area contributed by atoms with Gasteiger partial charge in [-0.15, -0.1) is 0 Å². The topological polar surface area (TPSA) is 120 Å². The average Bonchev–Trinajstić information content (AvgIpc) is 3.48. The predicted octanol–water partition coefficient (Wildman–Crippen LogP) is 4.37. The zero-order valence-electron chi connectivity index (χ0n) is 20.8. The highest BCUT2D eigenvalue weighted by atomic mass is 35.5. The van der Waals surface area contributed by atoms with Gasteiger partial charge >= 0.3 is 0 Å². The lowest BCUT2D eigenvalue weighted by molar-refractivity contribution is -0.121. The van der Waals surface area contributed by atoms with Crippen molar-refractivity contribution in [3.63, 3.8) is 0 Å². The maximum Gasteiger partial charge on any atom is 0.250 e. The first-order chi connectivity index (χ1) is 18.4. The summed E-state index contributed by atoms with van der Waals surface area (Å²) in [5.74, 6) is -0.467. The molecule has 196 valence electrons. The molecule has 12 heteroatoms. The van der Waals surface area contributed by atoms with Crippen molar-refractivity contribution in [1.82, 2.24) is 19.7 Å².